The zero-order chi connectivity index (χ0) is 34.7. The fraction of sp³-hybridized carbons (Fsp3) is 0.109. The van der Waals surface area contributed by atoms with Gasteiger partial charge in [-0.15, -0.1) is 11.3 Å². The molecule has 0 atom stereocenters. The Kier molecular flexibility index (Phi) is 7.58. The van der Waals surface area contributed by atoms with Crippen molar-refractivity contribution < 1.29 is 0 Å². The largest absolute Gasteiger partial charge is 0.309 e. The second-order valence-electron chi connectivity index (χ2n) is 13.7. The quantitative estimate of drug-likeness (QED) is 0.166. The third kappa shape index (κ3) is 4.74. The molecule has 0 aliphatic heterocycles. The molecular weight excluding hydrogens is 627 g/mol. The standard InChI is InChI=1S/C46H39N3S/c1-8-17-37-39(11-4)49(31-18-13-12-14-19-31)45(47-37)29-22-25-32(26-23-29)48-38(10-3)33(9-2)42-43(48)35-21-16-15-20-34(35)41-36-28-30(46(5,6)7)24-27-40(36)50-44(41)42/h8-28H,2-4H2,1,5-7H3/b17-8-. The number of hydrogen-bond acceptors (Lipinski definition) is 2. The van der Waals surface area contributed by atoms with E-state index in [1.54, 1.807) is 0 Å². The molecule has 3 nitrogen and oxygen atoms in total. The highest BCUT2D eigenvalue weighted by Gasteiger charge is 2.25. The first-order valence-electron chi connectivity index (χ1n) is 17.0. The topological polar surface area (TPSA) is 22.8 Å². The Balaban J connectivity index is 1.41. The van der Waals surface area contributed by atoms with Gasteiger partial charge in [-0.2, -0.15) is 0 Å². The van der Waals surface area contributed by atoms with Gasteiger partial charge in [0.15, 0.2) is 0 Å². The lowest BCUT2D eigenvalue weighted by Crippen LogP contribution is -2.10. The maximum absolute atomic E-state index is 5.11. The first-order chi connectivity index (χ1) is 24.3. The van der Waals surface area contributed by atoms with E-state index >= 15 is 0 Å². The van der Waals surface area contributed by atoms with Crippen molar-refractivity contribution in [3.05, 3.63) is 151 Å². The highest BCUT2D eigenvalue weighted by Crippen LogP contribution is 2.48. The van der Waals surface area contributed by atoms with Gasteiger partial charge < -0.3 is 4.57 Å². The Morgan fingerprint density at radius 2 is 1.36 bits per heavy atom. The van der Waals surface area contributed by atoms with Crippen molar-refractivity contribution >= 4 is 77.5 Å². The summed E-state index contributed by atoms with van der Waals surface area (Å²) in [5, 5.41) is 6.31. The number of rotatable bonds is 7. The van der Waals surface area contributed by atoms with E-state index in [1.807, 2.05) is 54.7 Å². The molecule has 8 rings (SSSR count). The van der Waals surface area contributed by atoms with Gasteiger partial charge in [0.1, 0.15) is 5.82 Å². The first kappa shape index (κ1) is 31.6. The lowest BCUT2D eigenvalue weighted by atomic mass is 9.86. The Morgan fingerprint density at radius 1 is 0.680 bits per heavy atom. The van der Waals surface area contributed by atoms with Gasteiger partial charge in [-0.25, -0.2) is 4.98 Å². The molecule has 0 aliphatic carbocycles. The monoisotopic (exact) mass is 665 g/mol. The molecule has 0 saturated heterocycles. The van der Waals surface area contributed by atoms with Gasteiger partial charge >= 0.3 is 0 Å². The van der Waals surface area contributed by atoms with Gasteiger partial charge in [-0.1, -0.05) is 101 Å². The second kappa shape index (κ2) is 12.0. The molecule has 0 fully saturated rings. The predicted octanol–water partition coefficient (Wildman–Crippen LogP) is 13.3. The minimum absolute atomic E-state index is 0.0555. The zero-order valence-electron chi connectivity index (χ0n) is 29.0. The minimum Gasteiger partial charge on any atom is -0.309 e. The fourth-order valence-corrected chi connectivity index (χ4v) is 8.66. The van der Waals surface area contributed by atoms with Crippen molar-refractivity contribution in [3.8, 4) is 22.8 Å². The van der Waals surface area contributed by atoms with E-state index in [0.29, 0.717) is 0 Å². The van der Waals surface area contributed by atoms with Crippen LogP contribution in [0.3, 0.4) is 0 Å². The van der Waals surface area contributed by atoms with Crippen LogP contribution in [0.1, 0.15) is 55.9 Å². The Morgan fingerprint density at radius 3 is 2.02 bits per heavy atom. The van der Waals surface area contributed by atoms with E-state index in [2.05, 4.69) is 141 Å². The molecule has 0 N–H and O–H groups in total. The second-order valence-corrected chi connectivity index (χ2v) is 14.8. The molecular formula is C46H39N3S. The molecule has 0 saturated carbocycles. The third-order valence-corrected chi connectivity index (χ3v) is 10.9. The lowest BCUT2D eigenvalue weighted by Gasteiger charge is -2.19. The van der Waals surface area contributed by atoms with Gasteiger partial charge in [0.2, 0.25) is 0 Å². The van der Waals surface area contributed by atoms with Crippen LogP contribution in [-0.2, 0) is 5.41 Å². The van der Waals surface area contributed by atoms with Crippen LogP contribution in [0.15, 0.2) is 123 Å². The van der Waals surface area contributed by atoms with Crippen LogP contribution in [0.5, 0.6) is 0 Å². The van der Waals surface area contributed by atoms with Gasteiger partial charge in [0, 0.05) is 53.4 Å². The number of allylic oxidation sites excluding steroid dienone is 1. The summed E-state index contributed by atoms with van der Waals surface area (Å²) >= 11 is 1.87. The highest BCUT2D eigenvalue weighted by atomic mass is 32.1. The number of para-hydroxylation sites is 1. The number of hydrogen-bond donors (Lipinski definition) is 0. The van der Waals surface area contributed by atoms with E-state index in [9.17, 15) is 0 Å². The Bertz CT molecular complexity index is 2670. The molecule has 244 valence electrons. The van der Waals surface area contributed by atoms with Crippen LogP contribution >= 0.6 is 11.3 Å². The third-order valence-electron chi connectivity index (χ3n) is 9.73. The molecule has 0 radical (unpaired) electrons. The van der Waals surface area contributed by atoms with Crippen LogP contribution in [0, 0.1) is 0 Å². The number of aromatic nitrogens is 3. The van der Waals surface area contributed by atoms with Gasteiger partial charge in [-0.3, -0.25) is 4.57 Å². The maximum Gasteiger partial charge on any atom is 0.145 e. The molecule has 0 spiro atoms. The molecule has 4 heteroatoms. The summed E-state index contributed by atoms with van der Waals surface area (Å²) in [5.41, 5.74) is 9.66. The summed E-state index contributed by atoms with van der Waals surface area (Å²) in [6.45, 7) is 21.6. The number of fused-ring (bicyclic) bond motifs is 8. The average molecular weight is 666 g/mol. The molecule has 3 aromatic heterocycles. The van der Waals surface area contributed by atoms with Crippen molar-refractivity contribution in [3.63, 3.8) is 0 Å². The minimum atomic E-state index is 0.0555. The first-order valence-corrected chi connectivity index (χ1v) is 17.9. The average Bonchev–Trinajstić information content (AvgIpc) is 3.81. The predicted molar refractivity (Wildman–Crippen MR) is 220 cm³/mol. The maximum atomic E-state index is 5.11. The summed E-state index contributed by atoms with van der Waals surface area (Å²) < 4.78 is 7.12. The molecule has 0 unspecified atom stereocenters. The van der Waals surface area contributed by atoms with Gasteiger partial charge in [-0.05, 0) is 90.0 Å². The van der Waals surface area contributed by atoms with E-state index < -0.39 is 0 Å². The molecule has 3 heterocycles. The Labute approximate surface area is 297 Å². The van der Waals surface area contributed by atoms with Crippen molar-refractivity contribution in [2.24, 2.45) is 0 Å². The summed E-state index contributed by atoms with van der Waals surface area (Å²) in [6, 6.07) is 34.9. The van der Waals surface area contributed by atoms with Gasteiger partial charge in [0.25, 0.3) is 0 Å². The Hall–Kier alpha value is -5.71. The number of imidazole rings is 1. The highest BCUT2D eigenvalue weighted by molar-refractivity contribution is 7.27. The summed E-state index contributed by atoms with van der Waals surface area (Å²) in [6.07, 6.45) is 9.91. The summed E-state index contributed by atoms with van der Waals surface area (Å²) in [7, 11) is 0. The molecule has 0 bridgehead atoms. The van der Waals surface area contributed by atoms with Gasteiger partial charge in [0.05, 0.1) is 22.6 Å². The summed E-state index contributed by atoms with van der Waals surface area (Å²) in [4.78, 5) is 5.11. The van der Waals surface area contributed by atoms with E-state index in [0.717, 1.165) is 45.4 Å². The lowest BCUT2D eigenvalue weighted by molar-refractivity contribution is 0.591. The number of thiophene rings is 1. The van der Waals surface area contributed by atoms with Crippen molar-refractivity contribution in [2.45, 2.75) is 33.1 Å². The number of nitrogens with zero attached hydrogens (tertiary/aromatic N) is 3. The smallest absolute Gasteiger partial charge is 0.145 e. The zero-order valence-corrected chi connectivity index (χ0v) is 29.8. The van der Waals surface area contributed by atoms with Crippen molar-refractivity contribution in [2.75, 3.05) is 0 Å². The van der Waals surface area contributed by atoms with Crippen LogP contribution in [0.25, 0.3) is 88.9 Å². The molecule has 0 amide bonds. The molecule has 5 aromatic carbocycles. The molecule has 0 aliphatic rings. The molecule has 8 aromatic rings. The van der Waals surface area contributed by atoms with E-state index in [-0.39, 0.29) is 5.41 Å². The van der Waals surface area contributed by atoms with Crippen LogP contribution in [0.4, 0.5) is 0 Å². The van der Waals surface area contributed by atoms with Crippen molar-refractivity contribution in [1.29, 1.82) is 0 Å². The van der Waals surface area contributed by atoms with Crippen molar-refractivity contribution in [1.82, 2.24) is 14.1 Å². The number of benzene rings is 5. The van der Waals surface area contributed by atoms with E-state index in [4.69, 9.17) is 4.98 Å². The SMILES string of the molecule is C=Cc1c(C=C)n(-c2ccc(-c3nc(/C=C\C)c(C=C)n3-c3ccccc3)cc2)c2c3ccccc3c3c4cc(C(C)(C)C)ccc4sc3c12. The van der Waals surface area contributed by atoms with Crippen LogP contribution in [0.2, 0.25) is 0 Å². The summed E-state index contributed by atoms with van der Waals surface area (Å²) in [5.74, 6) is 0.867. The normalized spacial score (nSPS) is 12.2. The van der Waals surface area contributed by atoms with Crippen LogP contribution in [-0.4, -0.2) is 14.1 Å². The van der Waals surface area contributed by atoms with E-state index in [1.165, 1.54) is 47.4 Å². The van der Waals surface area contributed by atoms with Crippen LogP contribution < -0.4 is 0 Å². The molecule has 50 heavy (non-hydrogen) atoms. The fourth-order valence-electron chi connectivity index (χ4n) is 7.40.